The van der Waals surface area contributed by atoms with Crippen LogP contribution in [0.4, 0.5) is 16.2 Å². The van der Waals surface area contributed by atoms with Gasteiger partial charge in [-0.25, -0.2) is 9.59 Å². The fourth-order valence-corrected chi connectivity index (χ4v) is 3.88. The lowest BCUT2D eigenvalue weighted by molar-refractivity contribution is 0.102. The van der Waals surface area contributed by atoms with Gasteiger partial charge in [-0.3, -0.25) is 9.69 Å². The smallest absolute Gasteiger partial charge is 0.349 e. The van der Waals surface area contributed by atoms with Crippen LogP contribution in [0.25, 0.3) is 0 Å². The third-order valence-corrected chi connectivity index (χ3v) is 5.41. The van der Waals surface area contributed by atoms with Crippen LogP contribution >= 0.6 is 12.4 Å². The highest BCUT2D eigenvalue weighted by molar-refractivity contribution is 6.05. The molecule has 0 spiro atoms. The highest BCUT2D eigenvalue weighted by atomic mass is 35.5. The minimum atomic E-state index is -0.619. The second kappa shape index (κ2) is 9.32. The average molecular weight is 433 g/mol. The molecular formula is C21H25ClN4O4. The number of carbonyl (C=O) groups is 2. The minimum Gasteiger partial charge on any atom is -0.427 e. The van der Waals surface area contributed by atoms with E-state index in [9.17, 15) is 14.4 Å². The molecule has 2 fully saturated rings. The Morgan fingerprint density at radius 3 is 2.60 bits per heavy atom. The van der Waals surface area contributed by atoms with Crippen molar-refractivity contribution in [1.29, 1.82) is 0 Å². The van der Waals surface area contributed by atoms with Crippen molar-refractivity contribution >= 4 is 35.7 Å². The zero-order chi connectivity index (χ0) is 20.4. The van der Waals surface area contributed by atoms with E-state index in [0.29, 0.717) is 35.8 Å². The number of aryl methyl sites for hydroxylation is 1. The Labute approximate surface area is 180 Å². The molecule has 2 aliphatic rings. The molecule has 4 rings (SSSR count). The molecule has 2 saturated heterocycles. The summed E-state index contributed by atoms with van der Waals surface area (Å²) in [4.78, 5) is 38.8. The van der Waals surface area contributed by atoms with Crippen molar-refractivity contribution < 1.29 is 14.0 Å². The van der Waals surface area contributed by atoms with E-state index in [1.54, 1.807) is 42.2 Å². The normalized spacial score (nSPS) is 16.7. The largest absolute Gasteiger partial charge is 0.427 e. The van der Waals surface area contributed by atoms with Gasteiger partial charge in [0.25, 0.3) is 5.91 Å². The van der Waals surface area contributed by atoms with E-state index in [1.165, 1.54) is 0 Å². The van der Waals surface area contributed by atoms with Crippen LogP contribution in [0.2, 0.25) is 0 Å². The Balaban J connectivity index is 0.00000256. The predicted octanol–water partition coefficient (Wildman–Crippen LogP) is 2.62. The van der Waals surface area contributed by atoms with Crippen molar-refractivity contribution in [3.8, 4) is 0 Å². The summed E-state index contributed by atoms with van der Waals surface area (Å²) >= 11 is 0. The molecule has 8 nitrogen and oxygen atoms in total. The molecule has 0 unspecified atom stereocenters. The zero-order valence-corrected chi connectivity index (χ0v) is 17.5. The van der Waals surface area contributed by atoms with Gasteiger partial charge in [0.1, 0.15) is 11.3 Å². The summed E-state index contributed by atoms with van der Waals surface area (Å²) in [7, 11) is 0. The maximum atomic E-state index is 12.8. The summed E-state index contributed by atoms with van der Waals surface area (Å²) in [6.07, 6.45) is 1.82. The summed E-state index contributed by atoms with van der Waals surface area (Å²) in [5.74, 6) is 0.326. The van der Waals surface area contributed by atoms with E-state index in [1.807, 2.05) is 0 Å². The van der Waals surface area contributed by atoms with Crippen molar-refractivity contribution in [3.63, 3.8) is 0 Å². The van der Waals surface area contributed by atoms with Crippen LogP contribution in [0.5, 0.6) is 0 Å². The number of amides is 3. The lowest BCUT2D eigenvalue weighted by Gasteiger charge is -2.22. The summed E-state index contributed by atoms with van der Waals surface area (Å²) < 4.78 is 5.50. The first-order chi connectivity index (χ1) is 14.0. The number of urea groups is 1. The van der Waals surface area contributed by atoms with Crippen molar-refractivity contribution in [1.82, 2.24) is 10.6 Å². The summed E-state index contributed by atoms with van der Waals surface area (Å²) in [5.41, 5.74) is 1.18. The van der Waals surface area contributed by atoms with E-state index in [2.05, 4.69) is 16.0 Å². The molecule has 3 amide bonds. The van der Waals surface area contributed by atoms with Gasteiger partial charge in [-0.05, 0) is 62.7 Å². The summed E-state index contributed by atoms with van der Waals surface area (Å²) in [6.45, 7) is 4.68. The van der Waals surface area contributed by atoms with Crippen molar-refractivity contribution in [2.24, 2.45) is 0 Å². The quantitative estimate of drug-likeness (QED) is 0.689. The van der Waals surface area contributed by atoms with E-state index in [0.717, 1.165) is 25.9 Å². The lowest BCUT2D eigenvalue weighted by Crippen LogP contribution is -2.28. The highest BCUT2D eigenvalue weighted by Crippen LogP contribution is 2.26. The van der Waals surface area contributed by atoms with Crippen LogP contribution in [-0.4, -0.2) is 38.1 Å². The number of benzene rings is 1. The Morgan fingerprint density at radius 2 is 1.93 bits per heavy atom. The first kappa shape index (κ1) is 21.9. The maximum Gasteiger partial charge on any atom is 0.349 e. The van der Waals surface area contributed by atoms with Crippen LogP contribution in [0.15, 0.2) is 39.5 Å². The first-order valence-electron chi connectivity index (χ1n) is 9.85. The molecule has 0 radical (unpaired) electrons. The second-order valence-electron chi connectivity index (χ2n) is 7.41. The molecule has 30 heavy (non-hydrogen) atoms. The molecule has 3 N–H and O–H groups in total. The van der Waals surface area contributed by atoms with Crippen LogP contribution in [-0.2, 0) is 0 Å². The first-order valence-corrected chi connectivity index (χ1v) is 9.85. The van der Waals surface area contributed by atoms with E-state index in [-0.39, 0.29) is 29.9 Å². The molecule has 160 valence electrons. The minimum absolute atomic E-state index is 0. The third kappa shape index (κ3) is 4.49. The van der Waals surface area contributed by atoms with Crippen LogP contribution in [0.1, 0.15) is 40.4 Å². The molecule has 0 saturated carbocycles. The van der Waals surface area contributed by atoms with Gasteiger partial charge in [0.2, 0.25) is 0 Å². The molecule has 9 heteroatoms. The van der Waals surface area contributed by atoms with E-state index < -0.39 is 11.5 Å². The van der Waals surface area contributed by atoms with Crippen molar-refractivity contribution in [2.45, 2.75) is 25.7 Å². The van der Waals surface area contributed by atoms with Gasteiger partial charge < -0.3 is 20.4 Å². The summed E-state index contributed by atoms with van der Waals surface area (Å²) in [5, 5.41) is 8.78. The van der Waals surface area contributed by atoms with Crippen molar-refractivity contribution in [2.75, 3.05) is 36.4 Å². The zero-order valence-electron chi connectivity index (χ0n) is 16.7. The third-order valence-electron chi connectivity index (χ3n) is 5.41. The maximum absolute atomic E-state index is 12.8. The van der Waals surface area contributed by atoms with Gasteiger partial charge in [0.05, 0.1) is 0 Å². The molecule has 1 aromatic heterocycles. The topological polar surface area (TPSA) is 104 Å². The SMILES string of the molecule is Cc1cc(C2CCNCC2)oc(=O)c1C(=O)Nc1cccc(N2CCNC2=O)c1.Cl. The number of hydrogen-bond acceptors (Lipinski definition) is 5. The van der Waals surface area contributed by atoms with Crippen LogP contribution < -0.4 is 26.5 Å². The Bertz CT molecular complexity index is 1000. The number of rotatable bonds is 4. The van der Waals surface area contributed by atoms with Gasteiger partial charge in [0, 0.05) is 30.4 Å². The predicted molar refractivity (Wildman–Crippen MR) is 117 cm³/mol. The second-order valence-corrected chi connectivity index (χ2v) is 7.41. The molecule has 2 aromatic rings. The monoisotopic (exact) mass is 432 g/mol. The molecule has 0 bridgehead atoms. The van der Waals surface area contributed by atoms with Crippen LogP contribution in [0.3, 0.4) is 0 Å². The number of nitrogens with one attached hydrogen (secondary N) is 3. The molecule has 0 aliphatic carbocycles. The Morgan fingerprint density at radius 1 is 1.17 bits per heavy atom. The fourth-order valence-electron chi connectivity index (χ4n) is 3.88. The molecule has 1 aromatic carbocycles. The number of halogens is 1. The van der Waals surface area contributed by atoms with Gasteiger partial charge in [-0.15, -0.1) is 12.4 Å². The van der Waals surface area contributed by atoms with E-state index in [4.69, 9.17) is 4.42 Å². The van der Waals surface area contributed by atoms with Crippen molar-refractivity contribution in [3.05, 3.63) is 57.6 Å². The standard InChI is InChI=1S/C21H24N4O4.ClH/c1-13-11-17(14-5-7-22-8-6-14)29-20(27)18(13)19(26)24-15-3-2-4-16(12-15)25-10-9-23-21(25)28;/h2-4,11-12,14,22H,5-10H2,1H3,(H,23,28)(H,24,26);1H. The number of hydrogen-bond donors (Lipinski definition) is 3. The van der Waals surface area contributed by atoms with Crippen LogP contribution in [0, 0.1) is 6.92 Å². The summed E-state index contributed by atoms with van der Waals surface area (Å²) in [6, 6.07) is 8.62. The number of piperidine rings is 1. The number of anilines is 2. The molecule has 3 heterocycles. The van der Waals surface area contributed by atoms with Gasteiger partial charge >= 0.3 is 11.7 Å². The molecular weight excluding hydrogens is 408 g/mol. The molecule has 2 aliphatic heterocycles. The fraction of sp³-hybridized carbons (Fsp3) is 0.381. The lowest BCUT2D eigenvalue weighted by atomic mass is 9.94. The van der Waals surface area contributed by atoms with Gasteiger partial charge in [-0.2, -0.15) is 0 Å². The Hall–Kier alpha value is -2.84. The molecule has 0 atom stereocenters. The van der Waals surface area contributed by atoms with Gasteiger partial charge in [0.15, 0.2) is 0 Å². The van der Waals surface area contributed by atoms with E-state index >= 15 is 0 Å². The highest BCUT2D eigenvalue weighted by Gasteiger charge is 2.24. The number of nitrogens with zero attached hydrogens (tertiary/aromatic N) is 1. The van der Waals surface area contributed by atoms with Gasteiger partial charge in [-0.1, -0.05) is 6.07 Å². The average Bonchev–Trinajstić information content (AvgIpc) is 3.14. The Kier molecular flexibility index (Phi) is 6.79. The number of carbonyl (C=O) groups excluding carboxylic acids is 2.